The first-order chi connectivity index (χ1) is 9.09. The number of para-hydroxylation sites is 1. The van der Waals surface area contributed by atoms with Gasteiger partial charge in [0.15, 0.2) is 11.6 Å². The van der Waals surface area contributed by atoms with Crippen molar-refractivity contribution in [2.75, 3.05) is 0 Å². The molecule has 0 fully saturated rings. The van der Waals surface area contributed by atoms with Crippen molar-refractivity contribution in [1.29, 1.82) is 0 Å². The summed E-state index contributed by atoms with van der Waals surface area (Å²) in [4.78, 5) is -0.0229. The molecule has 0 aliphatic rings. The summed E-state index contributed by atoms with van der Waals surface area (Å²) in [7, 11) is 0. The van der Waals surface area contributed by atoms with Crippen LogP contribution in [-0.2, 0) is 6.61 Å². The maximum absolute atomic E-state index is 14.0. The lowest BCUT2D eigenvalue weighted by molar-refractivity contribution is 0.284. The van der Waals surface area contributed by atoms with Gasteiger partial charge in [-0.1, -0.05) is 36.5 Å². The Labute approximate surface area is 114 Å². The van der Waals surface area contributed by atoms with E-state index in [2.05, 4.69) is 0 Å². The second-order valence-corrected chi connectivity index (χ2v) is 4.30. The highest BCUT2D eigenvalue weighted by molar-refractivity contribution is 7.80. The summed E-state index contributed by atoms with van der Waals surface area (Å²) >= 11 is 4.74. The summed E-state index contributed by atoms with van der Waals surface area (Å²) in [6, 6.07) is 10.6. The summed E-state index contributed by atoms with van der Waals surface area (Å²) in [6.07, 6.45) is 0. The van der Waals surface area contributed by atoms with Crippen LogP contribution in [0.5, 0.6) is 5.75 Å². The minimum Gasteiger partial charge on any atom is -0.486 e. The molecule has 0 saturated carbocycles. The van der Waals surface area contributed by atoms with Crippen LogP contribution in [-0.4, -0.2) is 4.99 Å². The van der Waals surface area contributed by atoms with Crippen LogP contribution >= 0.6 is 12.2 Å². The Morgan fingerprint density at radius 2 is 1.84 bits per heavy atom. The third-order valence-corrected chi connectivity index (χ3v) is 2.78. The van der Waals surface area contributed by atoms with Crippen molar-refractivity contribution in [3.8, 4) is 5.75 Å². The van der Waals surface area contributed by atoms with Gasteiger partial charge in [-0.3, -0.25) is 0 Å². The van der Waals surface area contributed by atoms with E-state index in [-0.39, 0.29) is 28.5 Å². The molecule has 0 aromatic heterocycles. The van der Waals surface area contributed by atoms with E-state index in [4.69, 9.17) is 22.7 Å². The van der Waals surface area contributed by atoms with E-state index < -0.39 is 11.6 Å². The molecule has 0 amide bonds. The number of hydrogen-bond acceptors (Lipinski definition) is 2. The molecule has 0 aliphatic carbocycles. The first-order valence-electron chi connectivity index (χ1n) is 5.54. The van der Waals surface area contributed by atoms with E-state index in [9.17, 15) is 8.78 Å². The second-order valence-electron chi connectivity index (χ2n) is 3.86. The van der Waals surface area contributed by atoms with Gasteiger partial charge in [0.1, 0.15) is 17.4 Å². The number of ether oxygens (including phenoxy) is 1. The van der Waals surface area contributed by atoms with Gasteiger partial charge in [-0.2, -0.15) is 0 Å². The van der Waals surface area contributed by atoms with Crippen LogP contribution in [0.1, 0.15) is 11.1 Å². The quantitative estimate of drug-likeness (QED) is 0.873. The summed E-state index contributed by atoms with van der Waals surface area (Å²) < 4.78 is 32.6. The normalized spacial score (nSPS) is 10.2. The Morgan fingerprint density at radius 3 is 2.53 bits per heavy atom. The van der Waals surface area contributed by atoms with Gasteiger partial charge < -0.3 is 10.5 Å². The van der Waals surface area contributed by atoms with Crippen LogP contribution in [0.2, 0.25) is 0 Å². The monoisotopic (exact) mass is 279 g/mol. The van der Waals surface area contributed by atoms with Crippen LogP contribution in [0.15, 0.2) is 42.5 Å². The standard InChI is InChI=1S/C14H11F2NOS/c15-11-6-1-2-7-12(11)18-8-9-4-3-5-10(13(9)16)14(17)19/h1-7H,8H2,(H2,17,19). The number of benzene rings is 2. The van der Waals surface area contributed by atoms with E-state index in [0.29, 0.717) is 0 Å². The van der Waals surface area contributed by atoms with Gasteiger partial charge in [0.25, 0.3) is 0 Å². The number of hydrogen-bond donors (Lipinski definition) is 1. The predicted octanol–water partition coefficient (Wildman–Crippen LogP) is 3.18. The van der Waals surface area contributed by atoms with Crippen molar-refractivity contribution in [3.63, 3.8) is 0 Å². The fraction of sp³-hybridized carbons (Fsp3) is 0.0714. The molecular formula is C14H11F2NOS. The molecule has 19 heavy (non-hydrogen) atoms. The van der Waals surface area contributed by atoms with Crippen LogP contribution in [0, 0.1) is 11.6 Å². The highest BCUT2D eigenvalue weighted by Gasteiger charge is 2.11. The topological polar surface area (TPSA) is 35.2 Å². The Hall–Kier alpha value is -2.01. The lowest BCUT2D eigenvalue weighted by Crippen LogP contribution is -2.13. The first kappa shape index (κ1) is 13.4. The van der Waals surface area contributed by atoms with Crippen molar-refractivity contribution >= 4 is 17.2 Å². The van der Waals surface area contributed by atoms with E-state index in [0.717, 1.165) is 0 Å². The molecule has 0 saturated heterocycles. The van der Waals surface area contributed by atoms with Gasteiger partial charge in [0, 0.05) is 11.1 Å². The molecule has 98 valence electrons. The highest BCUT2D eigenvalue weighted by Crippen LogP contribution is 2.19. The number of rotatable bonds is 4. The third-order valence-electron chi connectivity index (χ3n) is 2.56. The Kier molecular flexibility index (Phi) is 4.06. The molecule has 5 heteroatoms. The van der Waals surface area contributed by atoms with Gasteiger partial charge in [0.2, 0.25) is 0 Å². The molecular weight excluding hydrogens is 268 g/mol. The van der Waals surface area contributed by atoms with Crippen molar-refractivity contribution in [2.24, 2.45) is 5.73 Å². The number of thiocarbonyl (C=S) groups is 1. The van der Waals surface area contributed by atoms with E-state index in [1.54, 1.807) is 18.2 Å². The SMILES string of the molecule is NC(=S)c1cccc(COc2ccccc2F)c1F. The lowest BCUT2D eigenvalue weighted by Gasteiger charge is -2.09. The molecule has 2 N–H and O–H groups in total. The van der Waals surface area contributed by atoms with Crippen molar-refractivity contribution in [1.82, 2.24) is 0 Å². The second kappa shape index (κ2) is 5.75. The lowest BCUT2D eigenvalue weighted by atomic mass is 10.1. The van der Waals surface area contributed by atoms with Crippen LogP contribution < -0.4 is 10.5 Å². The van der Waals surface area contributed by atoms with Gasteiger partial charge in [-0.25, -0.2) is 8.78 Å². The zero-order valence-corrected chi connectivity index (χ0v) is 10.7. The number of nitrogens with two attached hydrogens (primary N) is 1. The molecule has 0 heterocycles. The van der Waals surface area contributed by atoms with E-state index in [1.165, 1.54) is 24.3 Å². The molecule has 2 aromatic carbocycles. The molecule has 0 radical (unpaired) electrons. The summed E-state index contributed by atoms with van der Waals surface area (Å²) in [5.41, 5.74) is 5.83. The largest absolute Gasteiger partial charge is 0.486 e. The maximum atomic E-state index is 14.0. The average Bonchev–Trinajstić information content (AvgIpc) is 2.39. The van der Waals surface area contributed by atoms with Crippen LogP contribution in [0.4, 0.5) is 8.78 Å². The van der Waals surface area contributed by atoms with Crippen molar-refractivity contribution in [2.45, 2.75) is 6.61 Å². The minimum atomic E-state index is -0.536. The molecule has 0 spiro atoms. The molecule has 2 nitrogen and oxygen atoms in total. The first-order valence-corrected chi connectivity index (χ1v) is 5.95. The smallest absolute Gasteiger partial charge is 0.165 e. The molecule has 0 bridgehead atoms. The van der Waals surface area contributed by atoms with Crippen molar-refractivity contribution < 1.29 is 13.5 Å². The van der Waals surface area contributed by atoms with E-state index >= 15 is 0 Å². The molecule has 0 aliphatic heterocycles. The molecule has 0 unspecified atom stereocenters. The van der Waals surface area contributed by atoms with Gasteiger partial charge in [0.05, 0.1) is 0 Å². The fourth-order valence-corrected chi connectivity index (χ4v) is 1.76. The Balaban J connectivity index is 2.19. The van der Waals surface area contributed by atoms with Crippen molar-refractivity contribution in [3.05, 3.63) is 65.2 Å². The molecule has 2 rings (SSSR count). The highest BCUT2D eigenvalue weighted by atomic mass is 32.1. The van der Waals surface area contributed by atoms with E-state index in [1.807, 2.05) is 0 Å². The zero-order valence-electron chi connectivity index (χ0n) is 9.90. The molecule has 0 atom stereocenters. The number of halogens is 2. The summed E-state index contributed by atoms with van der Waals surface area (Å²) in [5, 5.41) is 0. The summed E-state index contributed by atoms with van der Waals surface area (Å²) in [6.45, 7) is -0.0940. The van der Waals surface area contributed by atoms with Gasteiger partial charge >= 0.3 is 0 Å². The Bertz CT molecular complexity index is 616. The third kappa shape index (κ3) is 3.06. The Morgan fingerprint density at radius 1 is 1.11 bits per heavy atom. The predicted molar refractivity (Wildman–Crippen MR) is 73.0 cm³/mol. The van der Waals surface area contributed by atoms with Crippen LogP contribution in [0.25, 0.3) is 0 Å². The maximum Gasteiger partial charge on any atom is 0.165 e. The average molecular weight is 279 g/mol. The summed E-state index contributed by atoms with van der Waals surface area (Å²) in [5.74, 6) is -0.956. The van der Waals surface area contributed by atoms with Gasteiger partial charge in [-0.05, 0) is 18.2 Å². The molecule has 2 aromatic rings. The zero-order chi connectivity index (χ0) is 13.8. The van der Waals surface area contributed by atoms with Gasteiger partial charge in [-0.15, -0.1) is 0 Å². The van der Waals surface area contributed by atoms with Crippen LogP contribution in [0.3, 0.4) is 0 Å². The fourth-order valence-electron chi connectivity index (χ4n) is 1.60. The minimum absolute atomic E-state index is 0.0229.